The minimum atomic E-state index is -0.505. The van der Waals surface area contributed by atoms with Crippen LogP contribution in [0.2, 0.25) is 10.0 Å². The number of furan rings is 1. The molecule has 0 radical (unpaired) electrons. The summed E-state index contributed by atoms with van der Waals surface area (Å²) >= 11 is 12.2. The minimum absolute atomic E-state index is 0.0704. The molecular formula is C22H16Cl2N2O2. The van der Waals surface area contributed by atoms with Gasteiger partial charge in [0.1, 0.15) is 23.2 Å². The van der Waals surface area contributed by atoms with Crippen LogP contribution in [-0.2, 0) is 4.79 Å². The van der Waals surface area contributed by atoms with Gasteiger partial charge in [-0.1, -0.05) is 35.3 Å². The smallest absolute Gasteiger partial charge is 0.266 e. The first-order valence-corrected chi connectivity index (χ1v) is 9.19. The lowest BCUT2D eigenvalue weighted by molar-refractivity contribution is -0.112. The van der Waals surface area contributed by atoms with E-state index in [0.29, 0.717) is 32.8 Å². The number of carbonyl (C=O) groups excluding carboxylic acids is 1. The Morgan fingerprint density at radius 2 is 1.93 bits per heavy atom. The van der Waals surface area contributed by atoms with Crippen molar-refractivity contribution in [3.8, 4) is 17.4 Å². The average Bonchev–Trinajstić information content (AvgIpc) is 3.13. The number of hydrogen-bond acceptors (Lipinski definition) is 3. The van der Waals surface area contributed by atoms with E-state index in [1.54, 1.807) is 36.4 Å². The van der Waals surface area contributed by atoms with E-state index in [2.05, 4.69) is 5.32 Å². The van der Waals surface area contributed by atoms with Gasteiger partial charge in [-0.2, -0.15) is 5.26 Å². The van der Waals surface area contributed by atoms with Gasteiger partial charge in [0.05, 0.1) is 5.02 Å². The number of nitrogens with zero attached hydrogens (tertiary/aromatic N) is 1. The molecule has 6 heteroatoms. The normalized spacial score (nSPS) is 11.2. The molecule has 0 fully saturated rings. The molecule has 2 aromatic carbocycles. The zero-order chi connectivity index (χ0) is 20.3. The van der Waals surface area contributed by atoms with Crippen molar-refractivity contribution in [1.29, 1.82) is 5.26 Å². The summed E-state index contributed by atoms with van der Waals surface area (Å²) < 4.78 is 5.73. The van der Waals surface area contributed by atoms with E-state index in [0.717, 1.165) is 11.1 Å². The summed E-state index contributed by atoms with van der Waals surface area (Å²) in [6, 6.07) is 15.9. The monoisotopic (exact) mass is 410 g/mol. The zero-order valence-corrected chi connectivity index (χ0v) is 16.7. The molecule has 0 bridgehead atoms. The maximum absolute atomic E-state index is 12.5. The van der Waals surface area contributed by atoms with Crippen molar-refractivity contribution in [1.82, 2.24) is 0 Å². The van der Waals surface area contributed by atoms with Gasteiger partial charge in [-0.15, -0.1) is 0 Å². The zero-order valence-electron chi connectivity index (χ0n) is 15.2. The van der Waals surface area contributed by atoms with Crippen molar-refractivity contribution in [2.75, 3.05) is 5.32 Å². The summed E-state index contributed by atoms with van der Waals surface area (Å²) in [5.41, 5.74) is 3.22. The fourth-order valence-electron chi connectivity index (χ4n) is 2.63. The standard InChI is InChI=1S/C22H16Cl2N2O2/c1-13-4-3-5-20(14(13)2)26-22(27)15(12-25)10-17-7-9-21(28-17)18-11-16(23)6-8-19(18)24/h3-11H,1-2H3,(H,26,27)/b15-10+. The number of nitriles is 1. The second kappa shape index (κ2) is 8.35. The van der Waals surface area contributed by atoms with E-state index in [-0.39, 0.29) is 5.57 Å². The average molecular weight is 411 g/mol. The molecule has 140 valence electrons. The molecule has 28 heavy (non-hydrogen) atoms. The summed E-state index contributed by atoms with van der Waals surface area (Å²) in [6.07, 6.45) is 1.39. The predicted octanol–water partition coefficient (Wildman–Crippen LogP) is 6.42. The maximum atomic E-state index is 12.5. The number of amides is 1. The molecule has 1 amide bonds. The largest absolute Gasteiger partial charge is 0.457 e. The van der Waals surface area contributed by atoms with Crippen molar-refractivity contribution in [3.05, 3.63) is 81.0 Å². The number of nitrogens with one attached hydrogen (secondary N) is 1. The van der Waals surface area contributed by atoms with Crippen LogP contribution in [0.5, 0.6) is 0 Å². The molecular weight excluding hydrogens is 395 g/mol. The van der Waals surface area contributed by atoms with Gasteiger partial charge in [0.15, 0.2) is 0 Å². The molecule has 4 nitrogen and oxygen atoms in total. The van der Waals surface area contributed by atoms with E-state index < -0.39 is 5.91 Å². The van der Waals surface area contributed by atoms with Crippen molar-refractivity contribution >= 4 is 40.9 Å². The Kier molecular flexibility index (Phi) is 5.89. The number of benzene rings is 2. The van der Waals surface area contributed by atoms with Gasteiger partial charge in [0.25, 0.3) is 5.91 Å². The number of hydrogen-bond donors (Lipinski definition) is 1. The molecule has 1 heterocycles. The van der Waals surface area contributed by atoms with Gasteiger partial charge < -0.3 is 9.73 Å². The first kappa shape index (κ1) is 19.8. The van der Waals surface area contributed by atoms with Gasteiger partial charge in [-0.05, 0) is 61.4 Å². The van der Waals surface area contributed by atoms with Crippen LogP contribution in [-0.4, -0.2) is 5.91 Å². The number of anilines is 1. The highest BCUT2D eigenvalue weighted by molar-refractivity contribution is 6.35. The summed E-state index contributed by atoms with van der Waals surface area (Å²) in [7, 11) is 0. The van der Waals surface area contributed by atoms with Crippen LogP contribution in [0.15, 0.2) is 58.5 Å². The van der Waals surface area contributed by atoms with Crippen LogP contribution < -0.4 is 5.32 Å². The third-order valence-corrected chi connectivity index (χ3v) is 4.89. The summed E-state index contributed by atoms with van der Waals surface area (Å²) in [5, 5.41) is 13.2. The predicted molar refractivity (Wildman–Crippen MR) is 112 cm³/mol. The highest BCUT2D eigenvalue weighted by Gasteiger charge is 2.14. The lowest BCUT2D eigenvalue weighted by atomic mass is 10.1. The summed E-state index contributed by atoms with van der Waals surface area (Å²) in [5.74, 6) is 0.347. The SMILES string of the molecule is Cc1cccc(NC(=O)/C(C#N)=C/c2ccc(-c3cc(Cl)ccc3Cl)o2)c1C. The van der Waals surface area contributed by atoms with Gasteiger partial charge >= 0.3 is 0 Å². The fraction of sp³-hybridized carbons (Fsp3) is 0.0909. The van der Waals surface area contributed by atoms with Crippen LogP contribution >= 0.6 is 23.2 Å². The Morgan fingerprint density at radius 3 is 2.68 bits per heavy atom. The topological polar surface area (TPSA) is 66.0 Å². The van der Waals surface area contributed by atoms with Gasteiger partial charge in [-0.3, -0.25) is 4.79 Å². The number of carbonyl (C=O) groups is 1. The van der Waals surface area contributed by atoms with Crippen LogP contribution in [0, 0.1) is 25.2 Å². The van der Waals surface area contributed by atoms with Crippen molar-refractivity contribution < 1.29 is 9.21 Å². The highest BCUT2D eigenvalue weighted by atomic mass is 35.5. The summed E-state index contributed by atoms with van der Waals surface area (Å²) in [6.45, 7) is 3.87. The molecule has 0 saturated carbocycles. The van der Waals surface area contributed by atoms with Crippen LogP contribution in [0.25, 0.3) is 17.4 Å². The van der Waals surface area contributed by atoms with E-state index in [1.807, 2.05) is 32.0 Å². The third-order valence-electron chi connectivity index (χ3n) is 4.33. The van der Waals surface area contributed by atoms with E-state index in [1.165, 1.54) is 6.08 Å². The molecule has 3 rings (SSSR count). The maximum Gasteiger partial charge on any atom is 0.266 e. The van der Waals surface area contributed by atoms with E-state index in [9.17, 15) is 10.1 Å². The number of halogens is 2. The first-order valence-electron chi connectivity index (χ1n) is 8.43. The Balaban J connectivity index is 1.86. The molecule has 0 spiro atoms. The fourth-order valence-corrected chi connectivity index (χ4v) is 3.01. The Hall–Kier alpha value is -3.00. The highest BCUT2D eigenvalue weighted by Crippen LogP contribution is 2.32. The molecule has 0 aliphatic heterocycles. The molecule has 0 saturated heterocycles. The van der Waals surface area contributed by atoms with E-state index >= 15 is 0 Å². The van der Waals surface area contributed by atoms with Crippen molar-refractivity contribution in [2.24, 2.45) is 0 Å². The summed E-state index contributed by atoms with van der Waals surface area (Å²) in [4.78, 5) is 12.5. The molecule has 0 atom stereocenters. The molecule has 1 N–H and O–H groups in total. The second-order valence-corrected chi connectivity index (χ2v) is 7.04. The van der Waals surface area contributed by atoms with E-state index in [4.69, 9.17) is 27.6 Å². The van der Waals surface area contributed by atoms with Crippen molar-refractivity contribution in [3.63, 3.8) is 0 Å². The van der Waals surface area contributed by atoms with Crippen LogP contribution in [0.3, 0.4) is 0 Å². The van der Waals surface area contributed by atoms with Crippen molar-refractivity contribution in [2.45, 2.75) is 13.8 Å². The lowest BCUT2D eigenvalue weighted by Crippen LogP contribution is -2.14. The van der Waals surface area contributed by atoms with Crippen LogP contribution in [0.4, 0.5) is 5.69 Å². The number of rotatable bonds is 4. The minimum Gasteiger partial charge on any atom is -0.457 e. The van der Waals surface area contributed by atoms with Gasteiger partial charge in [0.2, 0.25) is 0 Å². The Morgan fingerprint density at radius 1 is 1.14 bits per heavy atom. The Labute approximate surface area is 173 Å². The second-order valence-electron chi connectivity index (χ2n) is 6.20. The molecule has 1 aromatic heterocycles. The molecule has 0 unspecified atom stereocenters. The number of aryl methyl sites for hydroxylation is 1. The molecule has 0 aliphatic rings. The Bertz CT molecular complexity index is 1120. The molecule has 0 aliphatic carbocycles. The third kappa shape index (κ3) is 4.28. The first-order chi connectivity index (χ1) is 13.4. The lowest BCUT2D eigenvalue weighted by Gasteiger charge is -2.09. The van der Waals surface area contributed by atoms with Gasteiger partial charge in [-0.25, -0.2) is 0 Å². The van der Waals surface area contributed by atoms with Crippen LogP contribution in [0.1, 0.15) is 16.9 Å². The quantitative estimate of drug-likeness (QED) is 0.398. The van der Waals surface area contributed by atoms with Gasteiger partial charge in [0, 0.05) is 22.3 Å². The molecule has 3 aromatic rings.